The van der Waals surface area contributed by atoms with Gasteiger partial charge in [0.1, 0.15) is 0 Å². The van der Waals surface area contributed by atoms with Gasteiger partial charge >= 0.3 is 163 Å². The van der Waals surface area contributed by atoms with Gasteiger partial charge < -0.3 is 0 Å². The van der Waals surface area contributed by atoms with Gasteiger partial charge in [0.05, 0.1) is 0 Å². The molecule has 0 saturated heterocycles. The molecule has 0 N–H and O–H groups in total. The van der Waals surface area contributed by atoms with Crippen molar-refractivity contribution in [2.75, 3.05) is 7.11 Å². The van der Waals surface area contributed by atoms with Gasteiger partial charge in [-0.25, -0.2) is 0 Å². The molecule has 3 rings (SSSR count). The summed E-state index contributed by atoms with van der Waals surface area (Å²) in [6.07, 6.45) is 3.36. The Morgan fingerprint density at radius 3 is 2.54 bits per heavy atom. The Bertz CT molecular complexity index is 699. The molecular weight excluding hydrogens is 391 g/mol. The first kappa shape index (κ1) is 19.4. The van der Waals surface area contributed by atoms with Gasteiger partial charge in [0.15, 0.2) is 0 Å². The van der Waals surface area contributed by atoms with Gasteiger partial charge in [-0.05, 0) is 0 Å². The summed E-state index contributed by atoms with van der Waals surface area (Å²) in [5.74, 6) is 1.38. The summed E-state index contributed by atoms with van der Waals surface area (Å²) in [5.41, 5.74) is 1.19. The van der Waals surface area contributed by atoms with Gasteiger partial charge in [0.2, 0.25) is 0 Å². The van der Waals surface area contributed by atoms with E-state index in [-0.39, 0.29) is 26.7 Å². The summed E-state index contributed by atoms with van der Waals surface area (Å²) in [6.45, 7) is 8.57. The van der Waals surface area contributed by atoms with Crippen LogP contribution in [0.25, 0.3) is 0 Å². The van der Waals surface area contributed by atoms with Crippen LogP contribution in [0.3, 0.4) is 0 Å². The van der Waals surface area contributed by atoms with Crippen molar-refractivity contribution >= 4 is 31.2 Å². The van der Waals surface area contributed by atoms with Gasteiger partial charge in [-0.15, -0.1) is 0 Å². The van der Waals surface area contributed by atoms with Crippen molar-refractivity contribution in [1.82, 2.24) is 0 Å². The summed E-state index contributed by atoms with van der Waals surface area (Å²) in [4.78, 5) is 26.2. The van der Waals surface area contributed by atoms with Crippen LogP contribution in [0.15, 0.2) is 42.5 Å². The zero-order valence-electron chi connectivity index (χ0n) is 15.9. The van der Waals surface area contributed by atoms with Crippen LogP contribution in [0.1, 0.15) is 39.5 Å². The van der Waals surface area contributed by atoms with Crippen molar-refractivity contribution < 1.29 is 14.3 Å². The fourth-order valence-corrected chi connectivity index (χ4v) is 7.67. The van der Waals surface area contributed by atoms with Crippen LogP contribution in [0.4, 0.5) is 0 Å². The first-order valence-corrected chi connectivity index (χ1v) is 11.1. The van der Waals surface area contributed by atoms with Crippen molar-refractivity contribution in [3.63, 3.8) is 0 Å². The minimum absolute atomic E-state index is 0.0867. The molecule has 26 heavy (non-hydrogen) atoms. The molecule has 1 aromatic rings. The van der Waals surface area contributed by atoms with E-state index in [0.717, 1.165) is 17.3 Å². The third-order valence-electron chi connectivity index (χ3n) is 6.31. The number of carbonyl (C=O) groups excluding carboxylic acids is 2. The maximum absolute atomic E-state index is 13.3. The summed E-state index contributed by atoms with van der Waals surface area (Å²) < 4.78 is 5.26. The summed E-state index contributed by atoms with van der Waals surface area (Å²) in [6, 6.07) is 9.94. The Labute approximate surface area is 162 Å². The molecule has 2 aliphatic rings. The quantitative estimate of drug-likeness (QED) is 0.324. The number of allylic oxidation sites excluding steroid dienone is 1. The van der Waals surface area contributed by atoms with E-state index in [2.05, 4.69) is 20.4 Å². The molecule has 2 fully saturated rings. The second-order valence-electron chi connectivity index (χ2n) is 7.90. The fraction of sp³-hybridized carbons (Fsp3) is 0.545. The van der Waals surface area contributed by atoms with E-state index in [0.29, 0.717) is 36.5 Å². The van der Waals surface area contributed by atoms with Crippen molar-refractivity contribution in [2.45, 2.75) is 43.8 Å². The molecule has 0 amide bonds. The van der Waals surface area contributed by atoms with Gasteiger partial charge in [0, 0.05) is 0 Å². The van der Waals surface area contributed by atoms with E-state index >= 15 is 0 Å². The molecule has 1 aromatic carbocycles. The SMILES string of the molecule is C=C(C)[C@@H]1CC[C@@H](C)[C@@H]2CC(=O)C([Se]c3ccccc3)(C(=O)OC)C[C@H]21. The van der Waals surface area contributed by atoms with Crippen LogP contribution in [-0.2, 0) is 14.3 Å². The van der Waals surface area contributed by atoms with Crippen LogP contribution in [0, 0.1) is 23.7 Å². The molecule has 0 aliphatic heterocycles. The molecule has 0 heterocycles. The maximum atomic E-state index is 13.3. The number of ether oxygens (including phenoxy) is 1. The van der Waals surface area contributed by atoms with Crippen molar-refractivity contribution in [3.8, 4) is 0 Å². The van der Waals surface area contributed by atoms with Crippen molar-refractivity contribution in [2.24, 2.45) is 23.7 Å². The number of rotatable bonds is 4. The minimum atomic E-state index is -0.991. The standard InChI is InChI=1S/C22H28O3Se/c1-14(2)17-11-10-15(3)18-12-20(23)22(13-19(17)18,21(24)25-4)26-16-8-6-5-7-9-16/h5-9,15,17-19H,1,10-13H2,2-4H3/t15-,17+,18+,19+,22?/m1/s1. The monoisotopic (exact) mass is 420 g/mol. The molecule has 1 unspecified atom stereocenters. The van der Waals surface area contributed by atoms with Gasteiger partial charge in [-0.2, -0.15) is 0 Å². The van der Waals surface area contributed by atoms with Gasteiger partial charge in [-0.1, -0.05) is 0 Å². The fourth-order valence-electron chi connectivity index (χ4n) is 4.87. The van der Waals surface area contributed by atoms with Crippen molar-refractivity contribution in [1.29, 1.82) is 0 Å². The molecule has 0 radical (unpaired) electrons. The zero-order valence-corrected chi connectivity index (χ0v) is 17.6. The van der Waals surface area contributed by atoms with Crippen LogP contribution in [0.5, 0.6) is 0 Å². The van der Waals surface area contributed by atoms with E-state index in [4.69, 9.17) is 4.74 Å². The summed E-state index contributed by atoms with van der Waals surface area (Å²) in [7, 11) is 1.41. The molecular formula is C22H28O3Se. The predicted octanol–water partition coefficient (Wildman–Crippen LogP) is 3.57. The number of esters is 1. The molecule has 0 spiro atoms. The molecule has 2 saturated carbocycles. The Kier molecular flexibility index (Phi) is 5.74. The predicted molar refractivity (Wildman–Crippen MR) is 104 cm³/mol. The number of ketones is 1. The second-order valence-corrected chi connectivity index (χ2v) is 10.8. The van der Waals surface area contributed by atoms with Crippen LogP contribution < -0.4 is 4.46 Å². The van der Waals surface area contributed by atoms with E-state index in [1.165, 1.54) is 12.7 Å². The van der Waals surface area contributed by atoms with E-state index in [9.17, 15) is 9.59 Å². The Morgan fingerprint density at radius 1 is 1.23 bits per heavy atom. The average Bonchev–Trinajstić information content (AvgIpc) is 2.63. The van der Waals surface area contributed by atoms with Crippen LogP contribution in [-0.4, -0.2) is 33.8 Å². The van der Waals surface area contributed by atoms with E-state index < -0.39 is 4.31 Å². The number of hydrogen-bond acceptors (Lipinski definition) is 3. The second kappa shape index (κ2) is 7.70. The van der Waals surface area contributed by atoms with E-state index in [1.54, 1.807) is 0 Å². The molecule has 2 aliphatic carbocycles. The molecule has 140 valence electrons. The first-order valence-electron chi connectivity index (χ1n) is 9.40. The van der Waals surface area contributed by atoms with Gasteiger partial charge in [-0.3, -0.25) is 0 Å². The molecule has 4 heteroatoms. The summed E-state index contributed by atoms with van der Waals surface area (Å²) in [5, 5.41) is 0. The number of carbonyl (C=O) groups is 2. The first-order chi connectivity index (χ1) is 12.4. The normalized spacial score (nSPS) is 34.0. The topological polar surface area (TPSA) is 43.4 Å². The van der Waals surface area contributed by atoms with Gasteiger partial charge in [0.25, 0.3) is 0 Å². The number of fused-ring (bicyclic) bond motifs is 1. The number of benzene rings is 1. The average molecular weight is 419 g/mol. The molecule has 3 nitrogen and oxygen atoms in total. The zero-order chi connectivity index (χ0) is 18.9. The Hall–Kier alpha value is -1.38. The number of Topliss-reactive ketones (excluding diaryl/α,β-unsaturated/α-hetero) is 1. The van der Waals surface area contributed by atoms with Crippen LogP contribution >= 0.6 is 0 Å². The third kappa shape index (κ3) is 3.42. The third-order valence-corrected chi connectivity index (χ3v) is 9.28. The Morgan fingerprint density at radius 2 is 1.92 bits per heavy atom. The summed E-state index contributed by atoms with van der Waals surface area (Å²) >= 11 is -0.274. The van der Waals surface area contributed by atoms with Crippen molar-refractivity contribution in [3.05, 3.63) is 42.5 Å². The molecule has 0 bridgehead atoms. The Balaban J connectivity index is 1.99. The molecule has 0 aromatic heterocycles. The number of methoxy groups -OCH3 is 1. The number of hydrogen-bond donors (Lipinski definition) is 0. The van der Waals surface area contributed by atoms with E-state index in [1.807, 2.05) is 30.3 Å². The molecule has 5 atom stereocenters. The van der Waals surface area contributed by atoms with Crippen LogP contribution in [0.2, 0.25) is 4.31 Å².